The molecule has 2 N–H and O–H groups in total. The highest BCUT2D eigenvalue weighted by atomic mass is 16.5. The number of anilines is 1. The van der Waals surface area contributed by atoms with E-state index in [4.69, 9.17) is 9.47 Å². The van der Waals surface area contributed by atoms with Gasteiger partial charge in [0.1, 0.15) is 11.5 Å². The van der Waals surface area contributed by atoms with Crippen LogP contribution in [0.4, 0.5) is 5.69 Å². The van der Waals surface area contributed by atoms with Gasteiger partial charge in [0.15, 0.2) is 0 Å². The predicted molar refractivity (Wildman–Crippen MR) is 144 cm³/mol. The van der Waals surface area contributed by atoms with Gasteiger partial charge >= 0.3 is 0 Å². The summed E-state index contributed by atoms with van der Waals surface area (Å²) in [7, 11) is 3.29. The molecule has 3 aromatic rings. The van der Waals surface area contributed by atoms with Crippen molar-refractivity contribution in [3.8, 4) is 11.5 Å². The van der Waals surface area contributed by atoms with Crippen LogP contribution in [0.2, 0.25) is 0 Å². The number of amides is 1. The first-order valence-electron chi connectivity index (χ1n) is 12.6. The number of hydrogen-bond acceptors (Lipinski definition) is 5. The number of methoxy groups -OCH3 is 2. The Morgan fingerprint density at radius 3 is 1.97 bits per heavy atom. The van der Waals surface area contributed by atoms with Gasteiger partial charge in [-0.3, -0.25) is 9.69 Å². The van der Waals surface area contributed by atoms with E-state index >= 15 is 0 Å². The summed E-state index contributed by atoms with van der Waals surface area (Å²) in [6, 6.07) is 22.1. The second-order valence-corrected chi connectivity index (χ2v) is 9.73. The van der Waals surface area contributed by atoms with Gasteiger partial charge < -0.3 is 20.1 Å². The summed E-state index contributed by atoms with van der Waals surface area (Å²) < 4.78 is 10.6. The normalized spacial score (nSPS) is 14.0. The first-order valence-corrected chi connectivity index (χ1v) is 12.6. The van der Waals surface area contributed by atoms with E-state index in [1.165, 1.54) is 11.1 Å². The molecule has 0 saturated carbocycles. The number of hydrogen-bond donors (Lipinski definition) is 2. The molecule has 3 aromatic carbocycles. The van der Waals surface area contributed by atoms with Crippen molar-refractivity contribution in [2.75, 3.05) is 26.1 Å². The minimum atomic E-state index is -0.292. The van der Waals surface area contributed by atoms with Gasteiger partial charge in [0.2, 0.25) is 5.91 Å². The zero-order valence-corrected chi connectivity index (χ0v) is 21.9. The average molecular weight is 488 g/mol. The number of ether oxygens (including phenoxy) is 2. The first-order chi connectivity index (χ1) is 17.4. The lowest BCUT2D eigenvalue weighted by Gasteiger charge is -2.27. The second-order valence-electron chi connectivity index (χ2n) is 9.73. The van der Waals surface area contributed by atoms with Crippen LogP contribution < -0.4 is 20.1 Å². The molecule has 1 amide bonds. The van der Waals surface area contributed by atoms with Crippen molar-refractivity contribution in [1.82, 2.24) is 10.2 Å². The molecule has 4 rings (SSSR count). The molecular formula is C30H37N3O3. The van der Waals surface area contributed by atoms with Gasteiger partial charge in [-0.2, -0.15) is 0 Å². The van der Waals surface area contributed by atoms with Crippen LogP contribution in [0.3, 0.4) is 0 Å². The van der Waals surface area contributed by atoms with E-state index in [1.807, 2.05) is 48.5 Å². The summed E-state index contributed by atoms with van der Waals surface area (Å²) in [5.74, 6) is 2.07. The minimum Gasteiger partial charge on any atom is -0.497 e. The van der Waals surface area contributed by atoms with Crippen molar-refractivity contribution >= 4 is 11.6 Å². The molecule has 6 nitrogen and oxygen atoms in total. The number of rotatable bonds is 10. The Morgan fingerprint density at radius 1 is 0.861 bits per heavy atom. The highest BCUT2D eigenvalue weighted by Crippen LogP contribution is 2.32. The third-order valence-corrected chi connectivity index (χ3v) is 7.19. The Labute approximate surface area is 214 Å². The molecule has 1 aliphatic rings. The third-order valence-electron chi connectivity index (χ3n) is 7.19. The molecule has 0 bridgehead atoms. The molecule has 0 saturated heterocycles. The van der Waals surface area contributed by atoms with Crippen molar-refractivity contribution in [3.63, 3.8) is 0 Å². The van der Waals surface area contributed by atoms with E-state index in [0.717, 1.165) is 41.4 Å². The smallest absolute Gasteiger partial charge is 0.240 e. The van der Waals surface area contributed by atoms with Crippen LogP contribution in [0.15, 0.2) is 66.7 Å². The topological polar surface area (TPSA) is 62.8 Å². The molecule has 1 atom stereocenters. The third kappa shape index (κ3) is 5.82. The van der Waals surface area contributed by atoms with E-state index in [2.05, 4.69) is 54.5 Å². The fraction of sp³-hybridized carbons (Fsp3) is 0.367. The SMILES string of the molecule is COc1ccc(C(NC(=O)CNc2cccc3c2CN(C(C)C(C)C)C3)c2ccc(OC)cc2)cc1. The van der Waals surface area contributed by atoms with Gasteiger partial charge in [-0.15, -0.1) is 0 Å². The number of benzene rings is 3. The fourth-order valence-electron chi connectivity index (χ4n) is 4.66. The Balaban J connectivity index is 1.47. The quantitative estimate of drug-likeness (QED) is 0.402. The molecule has 1 unspecified atom stereocenters. The lowest BCUT2D eigenvalue weighted by molar-refractivity contribution is -0.119. The molecule has 190 valence electrons. The van der Waals surface area contributed by atoms with E-state index in [-0.39, 0.29) is 18.5 Å². The molecule has 6 heteroatoms. The van der Waals surface area contributed by atoms with Gasteiger partial charge in [0.25, 0.3) is 0 Å². The van der Waals surface area contributed by atoms with Crippen LogP contribution in [-0.4, -0.2) is 37.6 Å². The molecule has 0 aliphatic carbocycles. The number of carbonyl (C=O) groups excluding carboxylic acids is 1. The van der Waals surface area contributed by atoms with Gasteiger partial charge in [-0.05, 0) is 65.4 Å². The number of carbonyl (C=O) groups is 1. The number of nitrogens with zero attached hydrogens (tertiary/aromatic N) is 1. The highest BCUT2D eigenvalue weighted by molar-refractivity contribution is 5.82. The van der Waals surface area contributed by atoms with E-state index in [0.29, 0.717) is 12.0 Å². The maximum absolute atomic E-state index is 13.1. The summed E-state index contributed by atoms with van der Waals surface area (Å²) in [5.41, 5.74) is 5.62. The lowest BCUT2D eigenvalue weighted by atomic mass is 9.98. The van der Waals surface area contributed by atoms with Gasteiger partial charge in [0.05, 0.1) is 26.8 Å². The van der Waals surface area contributed by atoms with Crippen molar-refractivity contribution < 1.29 is 14.3 Å². The minimum absolute atomic E-state index is 0.0744. The van der Waals surface area contributed by atoms with Gasteiger partial charge in [-0.1, -0.05) is 50.2 Å². The summed E-state index contributed by atoms with van der Waals surface area (Å²) in [6.45, 7) is 8.86. The standard InChI is InChI=1S/C30H37N3O3/c1-20(2)21(3)33-18-24-7-6-8-28(27(24)19-33)31-17-29(34)32-30(22-9-13-25(35-4)14-10-22)23-11-15-26(36-5)16-12-23/h6-16,20-21,30-31H,17-19H2,1-5H3,(H,32,34). The number of nitrogens with one attached hydrogen (secondary N) is 2. The molecule has 0 radical (unpaired) electrons. The Hall–Kier alpha value is -3.51. The monoisotopic (exact) mass is 487 g/mol. The van der Waals surface area contributed by atoms with Crippen LogP contribution in [0.5, 0.6) is 11.5 Å². The van der Waals surface area contributed by atoms with Crippen LogP contribution >= 0.6 is 0 Å². The van der Waals surface area contributed by atoms with Crippen LogP contribution in [-0.2, 0) is 17.9 Å². The van der Waals surface area contributed by atoms with E-state index < -0.39 is 0 Å². The predicted octanol–water partition coefficient (Wildman–Crippen LogP) is 5.38. The Morgan fingerprint density at radius 2 is 1.44 bits per heavy atom. The van der Waals surface area contributed by atoms with E-state index in [9.17, 15) is 4.79 Å². The Kier molecular flexibility index (Phi) is 8.16. The van der Waals surface area contributed by atoms with Crippen LogP contribution in [0.25, 0.3) is 0 Å². The summed E-state index contributed by atoms with van der Waals surface area (Å²) in [4.78, 5) is 15.7. The molecule has 0 spiro atoms. The second kappa shape index (κ2) is 11.5. The molecular weight excluding hydrogens is 450 g/mol. The van der Waals surface area contributed by atoms with Crippen molar-refractivity contribution in [1.29, 1.82) is 0 Å². The summed E-state index contributed by atoms with van der Waals surface area (Å²) in [5, 5.41) is 6.61. The van der Waals surface area contributed by atoms with Crippen molar-refractivity contribution in [2.24, 2.45) is 5.92 Å². The lowest BCUT2D eigenvalue weighted by Crippen LogP contribution is -2.34. The summed E-state index contributed by atoms with van der Waals surface area (Å²) >= 11 is 0. The van der Waals surface area contributed by atoms with Gasteiger partial charge in [-0.25, -0.2) is 0 Å². The maximum atomic E-state index is 13.1. The van der Waals surface area contributed by atoms with Gasteiger partial charge in [0, 0.05) is 24.8 Å². The van der Waals surface area contributed by atoms with Crippen LogP contribution in [0.1, 0.15) is 49.1 Å². The van der Waals surface area contributed by atoms with Crippen LogP contribution in [0, 0.1) is 5.92 Å². The first kappa shape index (κ1) is 25.6. The van der Waals surface area contributed by atoms with Crippen molar-refractivity contribution in [3.05, 3.63) is 89.0 Å². The fourth-order valence-corrected chi connectivity index (χ4v) is 4.66. The zero-order chi connectivity index (χ0) is 25.7. The Bertz CT molecular complexity index is 1110. The molecule has 36 heavy (non-hydrogen) atoms. The largest absolute Gasteiger partial charge is 0.497 e. The average Bonchev–Trinajstić information content (AvgIpc) is 3.35. The number of fused-ring (bicyclic) bond motifs is 1. The molecule has 1 aliphatic heterocycles. The molecule has 1 heterocycles. The zero-order valence-electron chi connectivity index (χ0n) is 21.9. The highest BCUT2D eigenvalue weighted by Gasteiger charge is 2.27. The molecule has 0 aromatic heterocycles. The summed E-state index contributed by atoms with van der Waals surface area (Å²) in [6.07, 6.45) is 0. The maximum Gasteiger partial charge on any atom is 0.240 e. The van der Waals surface area contributed by atoms with E-state index in [1.54, 1.807) is 14.2 Å². The van der Waals surface area contributed by atoms with Crippen molar-refractivity contribution in [2.45, 2.75) is 45.9 Å². The molecule has 0 fully saturated rings.